The van der Waals surface area contributed by atoms with Crippen molar-refractivity contribution in [1.29, 1.82) is 0 Å². The highest BCUT2D eigenvalue weighted by atomic mass is 16.4. The summed E-state index contributed by atoms with van der Waals surface area (Å²) < 4.78 is 1.33. The molecule has 10 nitrogen and oxygen atoms in total. The first-order valence-electron chi connectivity index (χ1n) is 6.69. The zero-order valence-corrected chi connectivity index (χ0v) is 11.5. The first-order chi connectivity index (χ1) is 10.5. The van der Waals surface area contributed by atoms with E-state index in [0.717, 1.165) is 0 Å². The van der Waals surface area contributed by atoms with Crippen molar-refractivity contribution in [3.63, 3.8) is 0 Å². The lowest BCUT2D eigenvalue weighted by atomic mass is 9.88. The molecule has 1 aliphatic carbocycles. The van der Waals surface area contributed by atoms with Gasteiger partial charge in [-0.1, -0.05) is 0 Å². The molecule has 0 radical (unpaired) electrons. The topological polar surface area (TPSA) is 171 Å². The van der Waals surface area contributed by atoms with Gasteiger partial charge in [-0.05, 0) is 0 Å². The molecule has 1 fully saturated rings. The minimum absolute atomic E-state index is 0.128. The number of aliphatic hydroxyl groups is 5. The third-order valence-electron chi connectivity index (χ3n) is 4.38. The van der Waals surface area contributed by atoms with Crippen LogP contribution < -0.4 is 5.73 Å². The molecule has 0 aliphatic heterocycles. The summed E-state index contributed by atoms with van der Waals surface area (Å²) in [6.45, 7) is -1.37. The Morgan fingerprint density at radius 3 is 2.55 bits per heavy atom. The van der Waals surface area contributed by atoms with Gasteiger partial charge in [-0.25, -0.2) is 15.0 Å². The number of anilines is 1. The van der Waals surface area contributed by atoms with Gasteiger partial charge in [0.2, 0.25) is 0 Å². The summed E-state index contributed by atoms with van der Waals surface area (Å²) in [4.78, 5) is 11.9. The Balaban J connectivity index is 2.18. The zero-order valence-electron chi connectivity index (χ0n) is 11.5. The highest BCUT2D eigenvalue weighted by Crippen LogP contribution is 2.44. The number of imidazole rings is 1. The quantitative estimate of drug-likeness (QED) is 0.346. The summed E-state index contributed by atoms with van der Waals surface area (Å²) in [6, 6.07) is -1.15. The average Bonchev–Trinajstić information content (AvgIpc) is 3.00. The molecule has 1 aliphatic rings. The average molecular weight is 311 g/mol. The Bertz CT molecular complexity index is 694. The molecule has 10 heteroatoms. The molecule has 5 atom stereocenters. The van der Waals surface area contributed by atoms with Crippen LogP contribution in [0.15, 0.2) is 12.7 Å². The number of nitrogens with two attached hydrogens (primary N) is 1. The number of aliphatic hydroxyl groups excluding tert-OH is 4. The van der Waals surface area contributed by atoms with E-state index in [1.165, 1.54) is 17.2 Å². The van der Waals surface area contributed by atoms with E-state index in [1.807, 2.05) is 0 Å². The minimum atomic E-state index is -1.94. The standard InChI is InChI=1S/C12H17N5O5/c13-10-6-11(15-3-14-10)17(4-16-6)9-8(21)7(20)5(1-18)12(9,22)2-19/h3-5,7-9,18-22H,1-2H2,(H2,13,14,15)/t5-,7-,8-,9+,12+/m1/s1. The summed E-state index contributed by atoms with van der Waals surface area (Å²) >= 11 is 0. The number of hydrogen-bond acceptors (Lipinski definition) is 9. The van der Waals surface area contributed by atoms with E-state index in [2.05, 4.69) is 15.0 Å². The van der Waals surface area contributed by atoms with Crippen molar-refractivity contribution in [1.82, 2.24) is 19.5 Å². The number of hydrogen-bond donors (Lipinski definition) is 6. The molecule has 2 aromatic heterocycles. The molecular formula is C12H17N5O5. The molecule has 0 spiro atoms. The van der Waals surface area contributed by atoms with E-state index in [0.29, 0.717) is 0 Å². The number of nitrogens with zero attached hydrogens (tertiary/aromatic N) is 4. The molecule has 7 N–H and O–H groups in total. The predicted molar refractivity (Wildman–Crippen MR) is 73.4 cm³/mol. The van der Waals surface area contributed by atoms with E-state index in [4.69, 9.17) is 5.73 Å². The van der Waals surface area contributed by atoms with Gasteiger partial charge < -0.3 is 35.8 Å². The monoisotopic (exact) mass is 311 g/mol. The maximum atomic E-state index is 10.7. The van der Waals surface area contributed by atoms with Crippen LogP contribution >= 0.6 is 0 Å². The second-order valence-corrected chi connectivity index (χ2v) is 5.45. The fraction of sp³-hybridized carbons (Fsp3) is 0.583. The smallest absolute Gasteiger partial charge is 0.165 e. The van der Waals surface area contributed by atoms with E-state index in [1.54, 1.807) is 0 Å². The van der Waals surface area contributed by atoms with Gasteiger partial charge in [0.1, 0.15) is 23.5 Å². The van der Waals surface area contributed by atoms with Crippen molar-refractivity contribution in [2.45, 2.75) is 23.9 Å². The molecule has 1 saturated carbocycles. The zero-order chi connectivity index (χ0) is 16.1. The highest BCUT2D eigenvalue weighted by Gasteiger charge is 2.60. The second-order valence-electron chi connectivity index (χ2n) is 5.45. The Kier molecular flexibility index (Phi) is 3.50. The van der Waals surface area contributed by atoms with Gasteiger partial charge in [0, 0.05) is 5.92 Å². The van der Waals surface area contributed by atoms with Crippen LogP contribution in [0.4, 0.5) is 5.82 Å². The van der Waals surface area contributed by atoms with Gasteiger partial charge in [0.15, 0.2) is 11.5 Å². The van der Waals surface area contributed by atoms with Crippen molar-refractivity contribution < 1.29 is 25.5 Å². The van der Waals surface area contributed by atoms with Gasteiger partial charge in [-0.3, -0.25) is 0 Å². The lowest BCUT2D eigenvalue weighted by molar-refractivity contribution is -0.0989. The summed E-state index contributed by atoms with van der Waals surface area (Å²) in [6.07, 6.45) is -0.349. The predicted octanol–water partition coefficient (Wildman–Crippen LogP) is -2.98. The van der Waals surface area contributed by atoms with Gasteiger partial charge in [0.05, 0.1) is 31.7 Å². The summed E-state index contributed by atoms with van der Waals surface area (Å²) in [5.74, 6) is -0.989. The minimum Gasteiger partial charge on any atom is -0.396 e. The summed E-state index contributed by atoms with van der Waals surface area (Å²) in [5.41, 5.74) is 4.27. The Hall–Kier alpha value is -1.85. The molecule has 0 unspecified atom stereocenters. The first kappa shape index (κ1) is 15.1. The molecular weight excluding hydrogens is 294 g/mol. The van der Waals surface area contributed by atoms with Crippen molar-refractivity contribution in [2.75, 3.05) is 18.9 Å². The van der Waals surface area contributed by atoms with Crippen LogP contribution in [0.3, 0.4) is 0 Å². The van der Waals surface area contributed by atoms with E-state index in [-0.39, 0.29) is 17.0 Å². The summed E-state index contributed by atoms with van der Waals surface area (Å²) in [7, 11) is 0. The molecule has 3 rings (SSSR count). The fourth-order valence-corrected chi connectivity index (χ4v) is 3.19. The molecule has 2 aromatic rings. The van der Waals surface area contributed by atoms with Crippen LogP contribution in [0.1, 0.15) is 6.04 Å². The van der Waals surface area contributed by atoms with Crippen LogP contribution in [-0.4, -0.2) is 76.1 Å². The van der Waals surface area contributed by atoms with E-state index < -0.39 is 43.0 Å². The third-order valence-corrected chi connectivity index (χ3v) is 4.38. The molecule has 0 bridgehead atoms. The van der Waals surface area contributed by atoms with Gasteiger partial charge in [-0.2, -0.15) is 0 Å². The second kappa shape index (κ2) is 5.11. The SMILES string of the molecule is Nc1ncnc2c1ncn2[C@H]1[C@H](O)[C@H](O)[C@@H](CO)[C@@]1(O)CO. The largest absolute Gasteiger partial charge is 0.396 e. The van der Waals surface area contributed by atoms with E-state index in [9.17, 15) is 25.5 Å². The van der Waals surface area contributed by atoms with Gasteiger partial charge >= 0.3 is 0 Å². The molecule has 0 aromatic carbocycles. The van der Waals surface area contributed by atoms with Gasteiger partial charge in [-0.15, -0.1) is 0 Å². The van der Waals surface area contributed by atoms with Crippen molar-refractivity contribution >= 4 is 17.0 Å². The molecule has 2 heterocycles. The number of nitrogen functional groups attached to an aromatic ring is 1. The van der Waals surface area contributed by atoms with Crippen LogP contribution in [0.2, 0.25) is 0 Å². The van der Waals surface area contributed by atoms with Gasteiger partial charge in [0.25, 0.3) is 0 Å². The molecule has 0 amide bonds. The normalized spacial score (nSPS) is 35.3. The third kappa shape index (κ3) is 1.82. The number of fused-ring (bicyclic) bond motifs is 1. The van der Waals surface area contributed by atoms with Crippen molar-refractivity contribution in [3.8, 4) is 0 Å². The molecule has 22 heavy (non-hydrogen) atoms. The van der Waals surface area contributed by atoms with Crippen LogP contribution in [0.25, 0.3) is 11.2 Å². The van der Waals surface area contributed by atoms with Crippen molar-refractivity contribution in [3.05, 3.63) is 12.7 Å². The maximum absolute atomic E-state index is 10.7. The van der Waals surface area contributed by atoms with Crippen LogP contribution in [0, 0.1) is 5.92 Å². The lowest BCUT2D eigenvalue weighted by Gasteiger charge is -2.33. The molecule has 120 valence electrons. The maximum Gasteiger partial charge on any atom is 0.165 e. The fourth-order valence-electron chi connectivity index (χ4n) is 3.19. The Morgan fingerprint density at radius 2 is 1.91 bits per heavy atom. The van der Waals surface area contributed by atoms with Crippen molar-refractivity contribution in [2.24, 2.45) is 5.92 Å². The first-order valence-corrected chi connectivity index (χ1v) is 6.69. The summed E-state index contributed by atoms with van der Waals surface area (Å²) in [5, 5.41) is 50.0. The number of aromatic nitrogens is 4. The lowest BCUT2D eigenvalue weighted by Crippen LogP contribution is -2.47. The van der Waals surface area contributed by atoms with Crippen LogP contribution in [-0.2, 0) is 0 Å². The van der Waals surface area contributed by atoms with E-state index >= 15 is 0 Å². The Morgan fingerprint density at radius 1 is 1.18 bits per heavy atom. The molecule has 0 saturated heterocycles. The number of rotatable bonds is 3. The highest BCUT2D eigenvalue weighted by molar-refractivity contribution is 5.81. The van der Waals surface area contributed by atoms with Crippen LogP contribution in [0.5, 0.6) is 0 Å². The Labute approximate surface area is 124 Å².